The average Bonchev–Trinajstić information content (AvgIpc) is 2.48. The third kappa shape index (κ3) is 4.45. The number of benzene rings is 1. The van der Waals surface area contributed by atoms with Crippen LogP contribution in [0.3, 0.4) is 0 Å². The molecular formula is C16H16ClFN2OS. The summed E-state index contributed by atoms with van der Waals surface area (Å²) in [6, 6.07) is 9.60. The summed E-state index contributed by atoms with van der Waals surface area (Å²) in [6.45, 7) is 3.88. The third-order valence-corrected chi connectivity index (χ3v) is 4.66. The van der Waals surface area contributed by atoms with Crippen LogP contribution in [0.5, 0.6) is 0 Å². The van der Waals surface area contributed by atoms with E-state index >= 15 is 0 Å². The number of nitrogens with one attached hydrogen (secondary N) is 1. The van der Waals surface area contributed by atoms with Gasteiger partial charge in [0.2, 0.25) is 5.91 Å². The molecule has 6 heteroatoms. The highest BCUT2D eigenvalue weighted by Crippen LogP contribution is 2.28. The predicted octanol–water partition coefficient (Wildman–Crippen LogP) is 4.63. The van der Waals surface area contributed by atoms with Gasteiger partial charge >= 0.3 is 0 Å². The van der Waals surface area contributed by atoms with Gasteiger partial charge in [-0.2, -0.15) is 0 Å². The molecule has 2 aromatic rings. The van der Waals surface area contributed by atoms with E-state index in [9.17, 15) is 9.18 Å². The highest BCUT2D eigenvalue weighted by Gasteiger charge is 2.24. The van der Waals surface area contributed by atoms with E-state index in [2.05, 4.69) is 10.3 Å². The lowest BCUT2D eigenvalue weighted by atomic mass is 10.1. The van der Waals surface area contributed by atoms with Crippen molar-refractivity contribution in [2.45, 2.75) is 24.1 Å². The molecule has 116 valence electrons. The van der Waals surface area contributed by atoms with E-state index < -0.39 is 5.82 Å². The highest BCUT2D eigenvalue weighted by molar-refractivity contribution is 8.00. The van der Waals surface area contributed by atoms with Gasteiger partial charge in [0.15, 0.2) is 0 Å². The summed E-state index contributed by atoms with van der Waals surface area (Å²) in [6.07, 6.45) is 1.54. The average molecular weight is 339 g/mol. The van der Waals surface area contributed by atoms with E-state index in [4.69, 9.17) is 11.6 Å². The molecule has 0 spiro atoms. The molecule has 1 unspecified atom stereocenters. The predicted molar refractivity (Wildman–Crippen MR) is 88.8 cm³/mol. The molecule has 1 amide bonds. The standard InChI is InChI=1S/C16H16ClFN2OS/c1-10(2)15(22-14-8-7-11(17)9-19-14)16(21)20-13-6-4-3-5-12(13)18/h3-10,15H,1-2H3,(H,20,21). The number of carbonyl (C=O) groups is 1. The van der Waals surface area contributed by atoms with Crippen molar-refractivity contribution in [2.75, 3.05) is 5.32 Å². The number of aromatic nitrogens is 1. The van der Waals surface area contributed by atoms with E-state index in [0.717, 1.165) is 0 Å². The SMILES string of the molecule is CC(C)C(Sc1ccc(Cl)cn1)C(=O)Nc1ccccc1F. The molecule has 2 rings (SSSR count). The largest absolute Gasteiger partial charge is 0.323 e. The monoisotopic (exact) mass is 338 g/mol. The van der Waals surface area contributed by atoms with Crippen LogP contribution in [0.4, 0.5) is 10.1 Å². The van der Waals surface area contributed by atoms with Gasteiger partial charge in [0.05, 0.1) is 21.0 Å². The summed E-state index contributed by atoms with van der Waals surface area (Å²) >= 11 is 7.14. The highest BCUT2D eigenvalue weighted by atomic mass is 35.5. The smallest absolute Gasteiger partial charge is 0.238 e. The number of para-hydroxylation sites is 1. The van der Waals surface area contributed by atoms with Crippen LogP contribution in [0.2, 0.25) is 5.02 Å². The number of anilines is 1. The quantitative estimate of drug-likeness (QED) is 0.808. The van der Waals surface area contributed by atoms with Gasteiger partial charge < -0.3 is 5.32 Å². The van der Waals surface area contributed by atoms with E-state index in [0.29, 0.717) is 10.0 Å². The van der Waals surface area contributed by atoms with Crippen LogP contribution in [-0.4, -0.2) is 16.1 Å². The van der Waals surface area contributed by atoms with Crippen molar-refractivity contribution in [2.24, 2.45) is 5.92 Å². The van der Waals surface area contributed by atoms with Crippen molar-refractivity contribution in [3.05, 3.63) is 53.4 Å². The van der Waals surface area contributed by atoms with Crippen LogP contribution < -0.4 is 5.32 Å². The zero-order valence-corrected chi connectivity index (χ0v) is 13.8. The van der Waals surface area contributed by atoms with Crippen molar-refractivity contribution in [1.29, 1.82) is 0 Å². The number of nitrogens with zero attached hydrogens (tertiary/aromatic N) is 1. The molecule has 22 heavy (non-hydrogen) atoms. The Morgan fingerprint density at radius 3 is 2.59 bits per heavy atom. The molecule has 0 aliphatic heterocycles. The first-order valence-corrected chi connectivity index (χ1v) is 8.06. The molecule has 1 N–H and O–H groups in total. The Labute approximate surface area is 138 Å². The molecule has 1 aromatic carbocycles. The van der Waals surface area contributed by atoms with Crippen molar-refractivity contribution in [1.82, 2.24) is 4.98 Å². The van der Waals surface area contributed by atoms with Gasteiger partial charge in [-0.1, -0.05) is 49.3 Å². The molecule has 0 aliphatic rings. The topological polar surface area (TPSA) is 42.0 Å². The fraction of sp³-hybridized carbons (Fsp3) is 0.250. The van der Waals surface area contributed by atoms with Crippen LogP contribution in [0.25, 0.3) is 0 Å². The normalized spacial score (nSPS) is 12.2. The lowest BCUT2D eigenvalue weighted by Crippen LogP contribution is -2.30. The number of halogens is 2. The number of carbonyl (C=O) groups excluding carboxylic acids is 1. The maximum Gasteiger partial charge on any atom is 0.238 e. The van der Waals surface area contributed by atoms with Gasteiger partial charge in [-0.15, -0.1) is 0 Å². The van der Waals surface area contributed by atoms with Crippen molar-refractivity contribution < 1.29 is 9.18 Å². The molecule has 1 aromatic heterocycles. The molecule has 0 saturated carbocycles. The zero-order chi connectivity index (χ0) is 16.1. The second-order valence-corrected chi connectivity index (χ2v) is 6.66. The molecular weight excluding hydrogens is 323 g/mol. The van der Waals surface area contributed by atoms with Crippen molar-refractivity contribution >= 4 is 35.0 Å². The summed E-state index contributed by atoms with van der Waals surface area (Å²) in [5, 5.41) is 3.50. The van der Waals surface area contributed by atoms with Gasteiger partial charge in [-0.25, -0.2) is 9.37 Å². The summed E-state index contributed by atoms with van der Waals surface area (Å²) in [7, 11) is 0. The fourth-order valence-corrected chi connectivity index (χ4v) is 2.89. The number of rotatable bonds is 5. The van der Waals surface area contributed by atoms with E-state index in [-0.39, 0.29) is 22.8 Å². The number of pyridine rings is 1. The Balaban J connectivity index is 2.12. The Morgan fingerprint density at radius 2 is 2.00 bits per heavy atom. The van der Waals surface area contributed by atoms with Gasteiger partial charge in [0, 0.05) is 6.20 Å². The molecule has 0 aliphatic carbocycles. The Morgan fingerprint density at radius 1 is 1.27 bits per heavy atom. The summed E-state index contributed by atoms with van der Waals surface area (Å²) < 4.78 is 13.6. The Kier molecular flexibility index (Phi) is 5.80. The zero-order valence-electron chi connectivity index (χ0n) is 12.2. The van der Waals surface area contributed by atoms with Gasteiger partial charge in [-0.05, 0) is 30.2 Å². The minimum atomic E-state index is -0.451. The van der Waals surface area contributed by atoms with E-state index in [1.165, 1.54) is 30.1 Å². The lowest BCUT2D eigenvalue weighted by molar-refractivity contribution is -0.116. The minimum absolute atomic E-state index is 0.0641. The van der Waals surface area contributed by atoms with Crippen LogP contribution in [0.1, 0.15) is 13.8 Å². The van der Waals surface area contributed by atoms with Crippen molar-refractivity contribution in [3.63, 3.8) is 0 Å². The number of hydrogen-bond acceptors (Lipinski definition) is 3. The molecule has 0 radical (unpaired) electrons. The first kappa shape index (κ1) is 16.8. The molecule has 1 heterocycles. The van der Waals surface area contributed by atoms with E-state index in [1.54, 1.807) is 24.3 Å². The Bertz CT molecular complexity index is 649. The third-order valence-electron chi connectivity index (χ3n) is 2.94. The van der Waals surface area contributed by atoms with Crippen LogP contribution in [0, 0.1) is 11.7 Å². The van der Waals surface area contributed by atoms with Crippen LogP contribution in [-0.2, 0) is 4.79 Å². The van der Waals surface area contributed by atoms with E-state index in [1.807, 2.05) is 13.8 Å². The second-order valence-electron chi connectivity index (χ2n) is 5.07. The number of hydrogen-bond donors (Lipinski definition) is 1. The second kappa shape index (κ2) is 7.61. The minimum Gasteiger partial charge on any atom is -0.323 e. The Hall–Kier alpha value is -1.59. The fourth-order valence-electron chi connectivity index (χ4n) is 1.82. The number of amides is 1. The molecule has 3 nitrogen and oxygen atoms in total. The molecule has 0 bridgehead atoms. The molecule has 0 fully saturated rings. The first-order chi connectivity index (χ1) is 10.5. The van der Waals surface area contributed by atoms with Gasteiger partial charge in [0.1, 0.15) is 5.82 Å². The van der Waals surface area contributed by atoms with Gasteiger partial charge in [0.25, 0.3) is 0 Å². The van der Waals surface area contributed by atoms with Crippen LogP contribution >= 0.6 is 23.4 Å². The lowest BCUT2D eigenvalue weighted by Gasteiger charge is -2.19. The number of thioether (sulfide) groups is 1. The van der Waals surface area contributed by atoms with Crippen molar-refractivity contribution in [3.8, 4) is 0 Å². The summed E-state index contributed by atoms with van der Waals surface area (Å²) in [5.41, 5.74) is 0.183. The molecule has 1 atom stereocenters. The van der Waals surface area contributed by atoms with Crippen LogP contribution in [0.15, 0.2) is 47.6 Å². The summed E-state index contributed by atoms with van der Waals surface area (Å²) in [4.78, 5) is 16.6. The maximum atomic E-state index is 13.6. The van der Waals surface area contributed by atoms with Gasteiger partial charge in [-0.3, -0.25) is 4.79 Å². The first-order valence-electron chi connectivity index (χ1n) is 6.81. The molecule has 0 saturated heterocycles. The maximum absolute atomic E-state index is 13.6. The summed E-state index contributed by atoms with van der Waals surface area (Å²) in [5.74, 6) is -0.635.